The van der Waals surface area contributed by atoms with Crippen molar-refractivity contribution in [2.75, 3.05) is 20.6 Å². The van der Waals surface area contributed by atoms with Gasteiger partial charge in [0.1, 0.15) is 5.75 Å². The summed E-state index contributed by atoms with van der Waals surface area (Å²) in [4.78, 5) is 13.1. The first-order valence-electron chi connectivity index (χ1n) is 5.39. The standard InChI is InChI=1S/C12H17ClN2O2/c1-14-12(17)5-6-15(2)8-9-3-4-11(16)10(13)7-9/h3-4,7,16H,5-6,8H2,1-2H3,(H,14,17). The lowest BCUT2D eigenvalue weighted by atomic mass is 10.2. The molecule has 0 saturated carbocycles. The lowest BCUT2D eigenvalue weighted by Gasteiger charge is -2.16. The second kappa shape index (κ2) is 6.47. The number of rotatable bonds is 5. The van der Waals surface area contributed by atoms with Gasteiger partial charge >= 0.3 is 0 Å². The summed E-state index contributed by atoms with van der Waals surface area (Å²) in [6.45, 7) is 1.37. The van der Waals surface area contributed by atoms with Crippen LogP contribution in [0.15, 0.2) is 18.2 Å². The summed E-state index contributed by atoms with van der Waals surface area (Å²) < 4.78 is 0. The van der Waals surface area contributed by atoms with E-state index in [0.717, 1.165) is 5.56 Å². The number of hydrogen-bond donors (Lipinski definition) is 2. The molecule has 0 spiro atoms. The van der Waals surface area contributed by atoms with E-state index >= 15 is 0 Å². The maximum absolute atomic E-state index is 11.1. The smallest absolute Gasteiger partial charge is 0.221 e. The highest BCUT2D eigenvalue weighted by atomic mass is 35.5. The van der Waals surface area contributed by atoms with Crippen LogP contribution in [-0.4, -0.2) is 36.6 Å². The Morgan fingerprint density at radius 2 is 2.24 bits per heavy atom. The van der Waals surface area contributed by atoms with Crippen molar-refractivity contribution < 1.29 is 9.90 Å². The molecule has 1 amide bonds. The summed E-state index contributed by atoms with van der Waals surface area (Å²) in [5.41, 5.74) is 1.01. The molecule has 0 aromatic heterocycles. The highest BCUT2D eigenvalue weighted by Gasteiger charge is 2.05. The van der Waals surface area contributed by atoms with E-state index in [-0.39, 0.29) is 11.7 Å². The Morgan fingerprint density at radius 1 is 1.53 bits per heavy atom. The van der Waals surface area contributed by atoms with E-state index in [0.29, 0.717) is 24.5 Å². The van der Waals surface area contributed by atoms with E-state index in [1.54, 1.807) is 19.2 Å². The zero-order valence-electron chi connectivity index (χ0n) is 10.0. The largest absolute Gasteiger partial charge is 0.506 e. The molecule has 0 bridgehead atoms. The molecule has 0 radical (unpaired) electrons. The molecule has 0 aliphatic rings. The third-order valence-corrected chi connectivity index (χ3v) is 2.77. The number of phenolic OH excluding ortho intramolecular Hbond substituents is 1. The average Bonchev–Trinajstić information content (AvgIpc) is 2.31. The Bertz CT molecular complexity index is 396. The minimum atomic E-state index is 0.0283. The van der Waals surface area contributed by atoms with Gasteiger partial charge < -0.3 is 15.3 Å². The van der Waals surface area contributed by atoms with Crippen LogP contribution in [0.25, 0.3) is 0 Å². The van der Waals surface area contributed by atoms with Gasteiger partial charge in [0.05, 0.1) is 5.02 Å². The number of amides is 1. The molecule has 4 nitrogen and oxygen atoms in total. The van der Waals surface area contributed by atoms with Crippen LogP contribution in [0.3, 0.4) is 0 Å². The lowest BCUT2D eigenvalue weighted by Crippen LogP contribution is -2.26. The molecule has 2 N–H and O–H groups in total. The molecule has 0 saturated heterocycles. The number of benzene rings is 1. The molecule has 94 valence electrons. The fourth-order valence-corrected chi connectivity index (χ4v) is 1.66. The van der Waals surface area contributed by atoms with Crippen molar-refractivity contribution in [2.45, 2.75) is 13.0 Å². The topological polar surface area (TPSA) is 52.6 Å². The van der Waals surface area contributed by atoms with Gasteiger partial charge in [-0.1, -0.05) is 17.7 Å². The van der Waals surface area contributed by atoms with Crippen LogP contribution in [0.4, 0.5) is 0 Å². The van der Waals surface area contributed by atoms with Gasteiger partial charge in [-0.05, 0) is 24.7 Å². The number of halogens is 1. The van der Waals surface area contributed by atoms with Gasteiger partial charge in [0.2, 0.25) is 5.91 Å². The van der Waals surface area contributed by atoms with E-state index in [4.69, 9.17) is 11.6 Å². The normalized spacial score (nSPS) is 10.6. The predicted octanol–water partition coefficient (Wildman–Crippen LogP) is 1.61. The molecule has 0 fully saturated rings. The molecule has 17 heavy (non-hydrogen) atoms. The summed E-state index contributed by atoms with van der Waals surface area (Å²) in [6.07, 6.45) is 0.471. The van der Waals surface area contributed by atoms with Crippen molar-refractivity contribution in [3.8, 4) is 5.75 Å². The zero-order valence-corrected chi connectivity index (χ0v) is 10.8. The Balaban J connectivity index is 2.47. The van der Waals surface area contributed by atoms with Crippen LogP contribution in [0.5, 0.6) is 5.75 Å². The van der Waals surface area contributed by atoms with Gasteiger partial charge in [-0.2, -0.15) is 0 Å². The van der Waals surface area contributed by atoms with Crippen LogP contribution in [0.1, 0.15) is 12.0 Å². The highest BCUT2D eigenvalue weighted by molar-refractivity contribution is 6.32. The Hall–Kier alpha value is -1.26. The van der Waals surface area contributed by atoms with Crippen molar-refractivity contribution in [3.05, 3.63) is 28.8 Å². The van der Waals surface area contributed by atoms with Crippen LogP contribution < -0.4 is 5.32 Å². The van der Waals surface area contributed by atoms with Crippen LogP contribution in [0, 0.1) is 0 Å². The van der Waals surface area contributed by atoms with E-state index in [9.17, 15) is 9.90 Å². The molecule has 1 rings (SSSR count). The molecule has 0 heterocycles. The Morgan fingerprint density at radius 3 is 2.82 bits per heavy atom. The second-order valence-corrected chi connectivity index (χ2v) is 4.35. The lowest BCUT2D eigenvalue weighted by molar-refractivity contribution is -0.120. The SMILES string of the molecule is CNC(=O)CCN(C)Cc1ccc(O)c(Cl)c1. The van der Waals surface area contributed by atoms with Gasteiger partial charge in [-0.25, -0.2) is 0 Å². The second-order valence-electron chi connectivity index (χ2n) is 3.95. The first-order valence-corrected chi connectivity index (χ1v) is 5.77. The monoisotopic (exact) mass is 256 g/mol. The summed E-state index contributed by atoms with van der Waals surface area (Å²) in [7, 11) is 3.56. The van der Waals surface area contributed by atoms with Crippen LogP contribution in [0.2, 0.25) is 5.02 Å². The molecule has 5 heteroatoms. The number of aromatic hydroxyl groups is 1. The zero-order chi connectivity index (χ0) is 12.8. The minimum Gasteiger partial charge on any atom is -0.506 e. The summed E-state index contributed by atoms with van der Waals surface area (Å²) in [5, 5.41) is 12.2. The highest BCUT2D eigenvalue weighted by Crippen LogP contribution is 2.24. The van der Waals surface area contributed by atoms with Crippen molar-refractivity contribution in [3.63, 3.8) is 0 Å². The molecule has 0 atom stereocenters. The molecule has 0 unspecified atom stereocenters. The van der Waals surface area contributed by atoms with Crippen molar-refractivity contribution in [1.82, 2.24) is 10.2 Å². The number of carbonyl (C=O) groups excluding carboxylic acids is 1. The van der Waals surface area contributed by atoms with E-state index in [2.05, 4.69) is 5.32 Å². The number of phenols is 1. The maximum Gasteiger partial charge on any atom is 0.221 e. The summed E-state index contributed by atoms with van der Waals surface area (Å²) >= 11 is 5.81. The minimum absolute atomic E-state index is 0.0283. The number of carbonyl (C=O) groups is 1. The maximum atomic E-state index is 11.1. The Labute approximate surface area is 106 Å². The van der Waals surface area contributed by atoms with E-state index < -0.39 is 0 Å². The Kier molecular flexibility index (Phi) is 5.25. The fourth-order valence-electron chi connectivity index (χ4n) is 1.46. The van der Waals surface area contributed by atoms with E-state index in [1.807, 2.05) is 18.0 Å². The van der Waals surface area contributed by atoms with Gasteiger partial charge in [0.25, 0.3) is 0 Å². The molecule has 1 aromatic carbocycles. The number of nitrogens with one attached hydrogen (secondary N) is 1. The third kappa shape index (κ3) is 4.63. The van der Waals surface area contributed by atoms with Crippen molar-refractivity contribution in [1.29, 1.82) is 0 Å². The van der Waals surface area contributed by atoms with Crippen LogP contribution >= 0.6 is 11.6 Å². The van der Waals surface area contributed by atoms with Crippen molar-refractivity contribution >= 4 is 17.5 Å². The average molecular weight is 257 g/mol. The van der Waals surface area contributed by atoms with Gasteiger partial charge in [0.15, 0.2) is 0 Å². The first-order chi connectivity index (χ1) is 8.02. The number of hydrogen-bond acceptors (Lipinski definition) is 3. The van der Waals surface area contributed by atoms with Gasteiger partial charge in [0, 0.05) is 26.6 Å². The van der Waals surface area contributed by atoms with Crippen LogP contribution in [-0.2, 0) is 11.3 Å². The molecule has 1 aromatic rings. The molecular weight excluding hydrogens is 240 g/mol. The van der Waals surface area contributed by atoms with Gasteiger partial charge in [-0.3, -0.25) is 4.79 Å². The quantitative estimate of drug-likeness (QED) is 0.842. The first kappa shape index (κ1) is 13.8. The molecule has 0 aliphatic carbocycles. The van der Waals surface area contributed by atoms with Gasteiger partial charge in [-0.15, -0.1) is 0 Å². The van der Waals surface area contributed by atoms with Crippen molar-refractivity contribution in [2.24, 2.45) is 0 Å². The number of nitrogens with zero attached hydrogens (tertiary/aromatic N) is 1. The summed E-state index contributed by atoms with van der Waals surface area (Å²) in [5.74, 6) is 0.115. The van der Waals surface area contributed by atoms with E-state index in [1.165, 1.54) is 0 Å². The predicted molar refractivity (Wildman–Crippen MR) is 68.1 cm³/mol. The summed E-state index contributed by atoms with van der Waals surface area (Å²) in [6, 6.07) is 5.12. The molecule has 0 aliphatic heterocycles. The fraction of sp³-hybridized carbons (Fsp3) is 0.417. The molecular formula is C12H17ClN2O2. The third-order valence-electron chi connectivity index (χ3n) is 2.46.